The molecule has 1 aromatic rings. The Kier molecular flexibility index (Phi) is 10.9. The van der Waals surface area contributed by atoms with Crippen LogP contribution in [0.1, 0.15) is 24.4 Å². The van der Waals surface area contributed by atoms with E-state index in [-0.39, 0.29) is 53.3 Å². The van der Waals surface area contributed by atoms with Gasteiger partial charge < -0.3 is 10.4 Å². The van der Waals surface area contributed by atoms with Gasteiger partial charge in [-0.25, -0.2) is 0 Å². The number of hydrogen-bond donors (Lipinski definition) is 2. The number of nitrogens with zero attached hydrogens (tertiary/aromatic N) is 1. The first-order valence-electron chi connectivity index (χ1n) is 7.55. The Morgan fingerprint density at radius 2 is 1.92 bits per heavy atom. The molecule has 0 bridgehead atoms. The summed E-state index contributed by atoms with van der Waals surface area (Å²) in [5.41, 5.74) is -3.78. The highest BCUT2D eigenvalue weighted by molar-refractivity contribution is 8.00. The molecule has 0 unspecified atom stereocenters. The van der Waals surface area contributed by atoms with Gasteiger partial charge in [0, 0.05) is 42.7 Å². The molecule has 9 heteroatoms. The van der Waals surface area contributed by atoms with Gasteiger partial charge in [0.2, 0.25) is 0 Å². The number of phenols is 1. The van der Waals surface area contributed by atoms with Crippen LogP contribution in [-0.4, -0.2) is 41.7 Å². The number of piperazine rings is 1. The quantitative estimate of drug-likeness (QED) is 0.515. The smallest absolute Gasteiger partial charge is 0.446 e. The van der Waals surface area contributed by atoms with E-state index in [2.05, 4.69) is 16.8 Å². The summed E-state index contributed by atoms with van der Waals surface area (Å²) in [7, 11) is 0. The van der Waals surface area contributed by atoms with Gasteiger partial charge in [0.15, 0.2) is 0 Å². The van der Waals surface area contributed by atoms with Crippen molar-refractivity contribution in [2.75, 3.05) is 26.2 Å². The highest BCUT2D eigenvalue weighted by Crippen LogP contribution is 2.41. The summed E-state index contributed by atoms with van der Waals surface area (Å²) < 4.78 is 37.8. The van der Waals surface area contributed by atoms with Crippen LogP contribution in [0.2, 0.25) is 0 Å². The van der Waals surface area contributed by atoms with Crippen LogP contribution in [0.25, 0.3) is 0 Å². The minimum absolute atomic E-state index is 0. The maximum Gasteiger partial charge on any atom is 0.446 e. The van der Waals surface area contributed by atoms with Crippen LogP contribution in [0, 0.1) is 0 Å². The van der Waals surface area contributed by atoms with E-state index in [9.17, 15) is 18.3 Å². The second-order valence-electron chi connectivity index (χ2n) is 5.44. The third kappa shape index (κ3) is 7.66. The molecule has 1 aliphatic heterocycles. The summed E-state index contributed by atoms with van der Waals surface area (Å²) in [4.78, 5) is 2.31. The molecule has 144 valence electrons. The number of thioether (sulfide) groups is 1. The van der Waals surface area contributed by atoms with Crippen LogP contribution in [0.5, 0.6) is 5.75 Å². The number of halogens is 5. The van der Waals surface area contributed by atoms with Gasteiger partial charge in [0.1, 0.15) is 5.75 Å². The van der Waals surface area contributed by atoms with Crippen LogP contribution < -0.4 is 5.32 Å². The monoisotopic (exact) mass is 418 g/mol. The third-order valence-corrected chi connectivity index (χ3v) is 4.55. The van der Waals surface area contributed by atoms with Crippen molar-refractivity contribution in [3.8, 4) is 5.75 Å². The van der Waals surface area contributed by atoms with Crippen molar-refractivity contribution in [3.63, 3.8) is 0 Å². The van der Waals surface area contributed by atoms with E-state index < -0.39 is 5.51 Å². The molecule has 0 radical (unpaired) electrons. The lowest BCUT2D eigenvalue weighted by Gasteiger charge is -2.35. The van der Waals surface area contributed by atoms with E-state index in [4.69, 9.17) is 0 Å². The first-order chi connectivity index (χ1) is 10.9. The molecule has 1 fully saturated rings. The van der Waals surface area contributed by atoms with E-state index in [1.54, 1.807) is 6.08 Å². The SMILES string of the molecule is C=CCC[C@@H](c1cc(SC(F)(F)F)ccc1O)N1CCNCC1.Cl.Cl. The van der Waals surface area contributed by atoms with Crippen LogP contribution in [0.15, 0.2) is 35.7 Å². The van der Waals surface area contributed by atoms with E-state index in [0.717, 1.165) is 39.0 Å². The molecule has 1 heterocycles. The molecular weight excluding hydrogens is 396 g/mol. The number of benzene rings is 1. The average molecular weight is 419 g/mol. The highest BCUT2D eigenvalue weighted by Gasteiger charge is 2.30. The van der Waals surface area contributed by atoms with Gasteiger partial charge in [0.25, 0.3) is 0 Å². The predicted molar refractivity (Wildman–Crippen MR) is 101 cm³/mol. The number of alkyl halides is 3. The second-order valence-corrected chi connectivity index (χ2v) is 6.57. The zero-order chi connectivity index (χ0) is 16.9. The third-order valence-electron chi connectivity index (χ3n) is 3.83. The first-order valence-corrected chi connectivity index (χ1v) is 8.36. The lowest BCUT2D eigenvalue weighted by molar-refractivity contribution is -0.0328. The molecule has 1 aromatic carbocycles. The van der Waals surface area contributed by atoms with Gasteiger partial charge in [0.05, 0.1) is 0 Å². The standard InChI is InChI=1S/C16H21F3N2OS.2ClH/c1-2-3-4-14(21-9-7-20-8-10-21)13-11-12(5-6-15(13)22)23-16(17,18)19;;/h2,5-6,11,14,20,22H,1,3-4,7-10H2;2*1H/t14-;;/m0../s1. The number of aromatic hydroxyl groups is 1. The van der Waals surface area contributed by atoms with Crippen LogP contribution >= 0.6 is 36.6 Å². The Labute approximate surface area is 162 Å². The van der Waals surface area contributed by atoms with Crippen LogP contribution in [0.4, 0.5) is 13.2 Å². The molecule has 25 heavy (non-hydrogen) atoms. The van der Waals surface area contributed by atoms with E-state index in [0.29, 0.717) is 5.56 Å². The van der Waals surface area contributed by atoms with Crippen molar-refractivity contribution in [1.82, 2.24) is 10.2 Å². The van der Waals surface area contributed by atoms with E-state index in [1.165, 1.54) is 18.2 Å². The minimum atomic E-state index is -4.33. The van der Waals surface area contributed by atoms with Gasteiger partial charge >= 0.3 is 5.51 Å². The van der Waals surface area contributed by atoms with Gasteiger partial charge in [-0.2, -0.15) is 13.2 Å². The van der Waals surface area contributed by atoms with E-state index in [1.807, 2.05) is 0 Å². The Hall–Kier alpha value is -0.600. The molecule has 0 aliphatic carbocycles. The average Bonchev–Trinajstić information content (AvgIpc) is 2.50. The largest absolute Gasteiger partial charge is 0.508 e. The zero-order valence-corrected chi connectivity index (χ0v) is 16.0. The van der Waals surface area contributed by atoms with Gasteiger partial charge in [-0.15, -0.1) is 31.4 Å². The Morgan fingerprint density at radius 1 is 1.28 bits per heavy atom. The van der Waals surface area contributed by atoms with Crippen molar-refractivity contribution in [3.05, 3.63) is 36.4 Å². The summed E-state index contributed by atoms with van der Waals surface area (Å²) >= 11 is -0.151. The summed E-state index contributed by atoms with van der Waals surface area (Å²) in [5.74, 6) is 0.0455. The van der Waals surface area contributed by atoms with E-state index >= 15 is 0 Å². The van der Waals surface area contributed by atoms with Gasteiger partial charge in [-0.05, 0) is 42.8 Å². The fourth-order valence-electron chi connectivity index (χ4n) is 2.80. The highest BCUT2D eigenvalue weighted by atomic mass is 35.5. The molecule has 0 spiro atoms. The summed E-state index contributed by atoms with van der Waals surface area (Å²) in [6.07, 6.45) is 3.25. The number of phenolic OH excluding ortho intramolecular Hbond substituents is 1. The molecule has 1 aliphatic rings. The lowest BCUT2D eigenvalue weighted by atomic mass is 9.98. The van der Waals surface area contributed by atoms with Crippen molar-refractivity contribution in [2.24, 2.45) is 0 Å². The molecular formula is C16H23Cl2F3N2OS. The summed E-state index contributed by atoms with van der Waals surface area (Å²) in [5, 5.41) is 13.4. The fourth-order valence-corrected chi connectivity index (χ4v) is 3.39. The molecule has 0 saturated carbocycles. The molecule has 3 nitrogen and oxygen atoms in total. The predicted octanol–water partition coefficient (Wildman–Crippen LogP) is 4.76. The molecule has 1 saturated heterocycles. The second kappa shape index (κ2) is 11.2. The minimum Gasteiger partial charge on any atom is -0.508 e. The van der Waals surface area contributed by atoms with Crippen molar-refractivity contribution >= 4 is 36.6 Å². The summed E-state index contributed by atoms with van der Waals surface area (Å²) in [6, 6.07) is 4.01. The maximum absolute atomic E-state index is 12.6. The zero-order valence-electron chi connectivity index (χ0n) is 13.6. The Balaban J connectivity index is 0.00000288. The van der Waals surface area contributed by atoms with Gasteiger partial charge in [-0.3, -0.25) is 4.90 Å². The van der Waals surface area contributed by atoms with Crippen molar-refractivity contribution < 1.29 is 18.3 Å². The maximum atomic E-state index is 12.6. The van der Waals surface area contributed by atoms with Gasteiger partial charge in [-0.1, -0.05) is 6.08 Å². The molecule has 0 aromatic heterocycles. The molecule has 1 atom stereocenters. The Morgan fingerprint density at radius 3 is 2.48 bits per heavy atom. The summed E-state index contributed by atoms with van der Waals surface area (Å²) in [6.45, 7) is 6.99. The number of allylic oxidation sites excluding steroid dienone is 1. The van der Waals surface area contributed by atoms with Crippen molar-refractivity contribution in [1.29, 1.82) is 0 Å². The number of rotatable bonds is 6. The Bertz CT molecular complexity index is 541. The van der Waals surface area contributed by atoms with Crippen LogP contribution in [0.3, 0.4) is 0 Å². The molecule has 2 N–H and O–H groups in total. The number of hydrogen-bond acceptors (Lipinski definition) is 4. The normalized spacial score (nSPS) is 16.4. The molecule has 2 rings (SSSR count). The van der Waals surface area contributed by atoms with Crippen LogP contribution in [-0.2, 0) is 0 Å². The lowest BCUT2D eigenvalue weighted by Crippen LogP contribution is -2.45. The number of nitrogens with one attached hydrogen (secondary N) is 1. The first kappa shape index (κ1) is 24.4. The molecule has 0 amide bonds. The fraction of sp³-hybridized carbons (Fsp3) is 0.500. The van der Waals surface area contributed by atoms with Crippen molar-refractivity contribution in [2.45, 2.75) is 29.3 Å². The topological polar surface area (TPSA) is 35.5 Å².